The molecule has 0 bridgehead atoms. The molecule has 0 atom stereocenters. The first-order valence-electron chi connectivity index (χ1n) is 1.29. The van der Waals surface area contributed by atoms with Crippen molar-refractivity contribution in [3.63, 3.8) is 0 Å². The Bertz CT molecular complexity index is 168. The lowest BCUT2D eigenvalue weighted by Crippen LogP contribution is -2.21. The van der Waals surface area contributed by atoms with Crippen LogP contribution in [0, 0.1) is 0 Å². The second-order valence-electron chi connectivity index (χ2n) is 0.921. The first-order chi connectivity index (χ1) is 3.25. The van der Waals surface area contributed by atoms with E-state index in [1.54, 1.807) is 0 Å². The molecular weight excluding hydrogens is 163 g/mol. The summed E-state index contributed by atoms with van der Waals surface area (Å²) in [6.07, 6.45) is 0. The van der Waals surface area contributed by atoms with Crippen LogP contribution in [0.2, 0.25) is 0 Å². The lowest BCUT2D eigenvalue weighted by molar-refractivity contribution is -0.0510. The van der Waals surface area contributed by atoms with Crippen LogP contribution in [0.3, 0.4) is 0 Å². The zero-order valence-electron chi connectivity index (χ0n) is 3.75. The molecule has 0 spiro atoms. The molecule has 0 aliphatic heterocycles. The summed E-state index contributed by atoms with van der Waals surface area (Å²) in [7, 11) is -5.84. The maximum Gasteiger partial charge on any atom is 0.522 e. The molecular formula is CHF3NO3S. The fourth-order valence-corrected chi connectivity index (χ4v) is 0. The number of rotatable bonds is 0. The average molecular weight is 164 g/mol. The van der Waals surface area contributed by atoms with E-state index < -0.39 is 15.6 Å². The molecule has 0 aromatic carbocycles. The van der Waals surface area contributed by atoms with Crippen LogP contribution in [-0.4, -0.2) is 18.5 Å². The van der Waals surface area contributed by atoms with E-state index in [-0.39, 0.29) is 6.15 Å². The van der Waals surface area contributed by atoms with Gasteiger partial charge < -0.3 is 0 Å². The second-order valence-corrected chi connectivity index (χ2v) is 2.33. The van der Waals surface area contributed by atoms with Crippen molar-refractivity contribution in [2.75, 3.05) is 0 Å². The smallest absolute Gasteiger partial charge is 0.279 e. The maximum absolute atomic E-state index is 10.7. The summed E-state index contributed by atoms with van der Waals surface area (Å²) in [5, 5.41) is 0. The lowest BCUT2D eigenvalue weighted by Gasteiger charge is -1.97. The predicted molar refractivity (Wildman–Crippen MR) is 19.7 cm³/mol. The highest BCUT2D eigenvalue weighted by atomic mass is 32.2. The largest absolute Gasteiger partial charge is 0.522 e. The minimum atomic E-state index is -5.84. The van der Waals surface area contributed by atoms with Crippen LogP contribution in [-0.2, 0) is 10.1 Å². The quantitative estimate of drug-likeness (QED) is 0.401. The van der Waals surface area contributed by atoms with Crippen LogP contribution in [0.25, 0.3) is 0 Å². The van der Waals surface area contributed by atoms with Crippen molar-refractivity contribution in [3.8, 4) is 0 Å². The Morgan fingerprint density at radius 1 is 1.22 bits per heavy atom. The highest BCUT2D eigenvalue weighted by Crippen LogP contribution is 2.20. The Morgan fingerprint density at radius 3 is 1.33 bits per heavy atom. The van der Waals surface area contributed by atoms with Gasteiger partial charge in [-0.3, -0.25) is 4.55 Å². The van der Waals surface area contributed by atoms with Crippen molar-refractivity contribution in [1.82, 2.24) is 6.15 Å². The minimum Gasteiger partial charge on any atom is -0.279 e. The van der Waals surface area contributed by atoms with E-state index in [4.69, 9.17) is 13.0 Å². The summed E-state index contributed by atoms with van der Waals surface area (Å²) >= 11 is 0. The second kappa shape index (κ2) is 2.50. The van der Waals surface area contributed by atoms with E-state index in [0.717, 1.165) is 0 Å². The molecule has 0 saturated heterocycles. The zero-order valence-corrected chi connectivity index (χ0v) is 4.57. The number of nitrogens with zero attached hydrogens (tertiary/aromatic N) is 1. The summed E-state index contributed by atoms with van der Waals surface area (Å²) < 4.78 is 57.5. The molecule has 0 fully saturated rings. The highest BCUT2D eigenvalue weighted by Gasteiger charge is 2.44. The average Bonchev–Trinajstić information content (AvgIpc) is 1.25. The van der Waals surface area contributed by atoms with E-state index in [2.05, 4.69) is 0 Å². The van der Waals surface area contributed by atoms with E-state index in [1.165, 1.54) is 0 Å². The zero-order chi connectivity index (χ0) is 7.00. The van der Waals surface area contributed by atoms with Crippen LogP contribution >= 0.6 is 0 Å². The van der Waals surface area contributed by atoms with E-state index >= 15 is 0 Å². The number of hydrogen-bond acceptors (Lipinski definition) is 2. The SMILES string of the molecule is O=S(=O)(O)C(F)(F)F.[N]. The van der Waals surface area contributed by atoms with E-state index in [9.17, 15) is 13.2 Å². The molecule has 0 aliphatic carbocycles. The Hall–Kier alpha value is -0.340. The highest BCUT2D eigenvalue weighted by molar-refractivity contribution is 7.86. The molecule has 0 heterocycles. The normalized spacial score (nSPS) is 12.4. The molecule has 0 aromatic heterocycles. The molecule has 0 unspecified atom stereocenters. The molecule has 55 valence electrons. The molecule has 0 saturated carbocycles. The van der Waals surface area contributed by atoms with Gasteiger partial charge >= 0.3 is 15.6 Å². The van der Waals surface area contributed by atoms with Gasteiger partial charge in [-0.25, -0.2) is 0 Å². The first kappa shape index (κ1) is 11.5. The Morgan fingerprint density at radius 2 is 1.33 bits per heavy atom. The standard InChI is InChI=1S/CHF3O3S.N/c2-1(3,4)8(5,6)7;/h(H,5,6,7);. The van der Waals surface area contributed by atoms with Crippen LogP contribution in [0.1, 0.15) is 0 Å². The third kappa shape index (κ3) is 3.27. The maximum atomic E-state index is 10.7. The van der Waals surface area contributed by atoms with Crippen molar-refractivity contribution in [1.29, 1.82) is 0 Å². The van der Waals surface area contributed by atoms with Crippen molar-refractivity contribution in [2.24, 2.45) is 0 Å². The van der Waals surface area contributed by atoms with Crippen molar-refractivity contribution < 1.29 is 26.1 Å². The number of halogens is 3. The van der Waals surface area contributed by atoms with Crippen molar-refractivity contribution in [2.45, 2.75) is 5.51 Å². The van der Waals surface area contributed by atoms with Gasteiger partial charge in [0.2, 0.25) is 0 Å². The first-order valence-corrected chi connectivity index (χ1v) is 2.73. The summed E-state index contributed by atoms with van der Waals surface area (Å²) in [4.78, 5) is 0. The molecule has 0 aliphatic rings. The van der Waals surface area contributed by atoms with Gasteiger partial charge in [0.25, 0.3) is 0 Å². The third-order valence-corrected chi connectivity index (χ3v) is 0.877. The van der Waals surface area contributed by atoms with Crippen molar-refractivity contribution >= 4 is 10.1 Å². The van der Waals surface area contributed by atoms with Gasteiger partial charge in [-0.05, 0) is 0 Å². The summed E-state index contributed by atoms with van der Waals surface area (Å²) in [6, 6.07) is 0. The number of hydrogen-bond donors (Lipinski definition) is 1. The van der Waals surface area contributed by atoms with Gasteiger partial charge in [0, 0.05) is 6.15 Å². The van der Waals surface area contributed by atoms with E-state index in [1.807, 2.05) is 0 Å². The molecule has 4 nitrogen and oxygen atoms in total. The van der Waals surface area contributed by atoms with Crippen LogP contribution in [0.4, 0.5) is 13.2 Å². The summed E-state index contributed by atoms with van der Waals surface area (Å²) in [5.74, 6) is 0. The van der Waals surface area contributed by atoms with Gasteiger partial charge in [0.05, 0.1) is 0 Å². The minimum absolute atomic E-state index is 0. The van der Waals surface area contributed by atoms with Gasteiger partial charge in [-0.2, -0.15) is 21.6 Å². The van der Waals surface area contributed by atoms with Crippen LogP contribution in [0.15, 0.2) is 0 Å². The fraction of sp³-hybridized carbons (Fsp3) is 1.00. The molecule has 1 N–H and O–H groups in total. The predicted octanol–water partition coefficient (Wildman–Crippen LogP) is -0.0866. The molecule has 0 rings (SSSR count). The third-order valence-electron chi connectivity index (χ3n) is 0.292. The van der Waals surface area contributed by atoms with Gasteiger partial charge in [0.15, 0.2) is 0 Å². The molecule has 9 heavy (non-hydrogen) atoms. The van der Waals surface area contributed by atoms with Gasteiger partial charge in [-0.1, -0.05) is 0 Å². The summed E-state index contributed by atoms with van der Waals surface area (Å²) in [6.45, 7) is 0. The van der Waals surface area contributed by atoms with Gasteiger partial charge in [-0.15, -0.1) is 0 Å². The monoisotopic (exact) mass is 164 g/mol. The Kier molecular flexibility index (Phi) is 3.18. The molecule has 0 aromatic rings. The van der Waals surface area contributed by atoms with E-state index in [0.29, 0.717) is 0 Å². The summed E-state index contributed by atoms with van der Waals surface area (Å²) in [5.41, 5.74) is -5.53. The molecule has 8 heteroatoms. The molecule has 3 radical (unpaired) electrons. The van der Waals surface area contributed by atoms with Gasteiger partial charge in [0.1, 0.15) is 0 Å². The molecule has 0 amide bonds. The number of alkyl halides is 3. The van der Waals surface area contributed by atoms with Crippen LogP contribution < -0.4 is 6.15 Å². The lowest BCUT2D eigenvalue weighted by atomic mass is 11.6. The van der Waals surface area contributed by atoms with Crippen LogP contribution in [0.5, 0.6) is 0 Å². The Balaban J connectivity index is 0. The fourth-order valence-electron chi connectivity index (χ4n) is 0. The van der Waals surface area contributed by atoms with Crippen molar-refractivity contribution in [3.05, 3.63) is 0 Å². The Labute approximate surface area is 49.0 Å². The topological polar surface area (TPSA) is 84.9 Å².